The molecule has 1 heterocycles. The molecule has 0 saturated carbocycles. The lowest BCUT2D eigenvalue weighted by atomic mass is 9.94. The number of carbonyl (C=O) groups is 3. The molecule has 0 aliphatic rings. The van der Waals surface area contributed by atoms with Gasteiger partial charge in [-0.15, -0.1) is 0 Å². The van der Waals surface area contributed by atoms with E-state index in [1.54, 1.807) is 29.2 Å². The first-order valence-corrected chi connectivity index (χ1v) is 12.9. The molecule has 2 amide bonds. The first-order chi connectivity index (χ1) is 18.8. The van der Waals surface area contributed by atoms with Crippen LogP contribution in [-0.4, -0.2) is 40.9 Å². The van der Waals surface area contributed by atoms with Crippen LogP contribution in [0.2, 0.25) is 0 Å². The van der Waals surface area contributed by atoms with Crippen LogP contribution >= 0.6 is 0 Å². The molecule has 200 valence electrons. The number of benzene rings is 3. The van der Waals surface area contributed by atoms with E-state index in [0.717, 1.165) is 16.9 Å². The molecule has 0 aliphatic heterocycles. The van der Waals surface area contributed by atoms with Crippen LogP contribution in [-0.2, 0) is 17.8 Å². The van der Waals surface area contributed by atoms with Gasteiger partial charge in [0.15, 0.2) is 0 Å². The number of carboxylic acids is 1. The summed E-state index contributed by atoms with van der Waals surface area (Å²) in [6, 6.07) is 26.0. The number of nitrogens with zero attached hydrogens (tertiary/aromatic N) is 1. The van der Waals surface area contributed by atoms with Gasteiger partial charge in [-0.1, -0.05) is 66.2 Å². The Kier molecular flexibility index (Phi) is 8.94. The zero-order chi connectivity index (χ0) is 27.8. The highest BCUT2D eigenvalue weighted by molar-refractivity contribution is 6.06. The standard InChI is InChI=1S/C32H32N2O5/c1-22-11-14-24(15-12-22)17-19-34(20-18-30(35)36)32(38)29-10-6-4-8-27(29)26-7-3-5-9-28(26)31(37)33-21-25-16-13-23(2)39-25/h3-16H,17-21H2,1-2H3,(H,33,37)(H,35,36). The summed E-state index contributed by atoms with van der Waals surface area (Å²) < 4.78 is 5.56. The van der Waals surface area contributed by atoms with Gasteiger partial charge < -0.3 is 19.7 Å². The molecule has 7 nitrogen and oxygen atoms in total. The molecule has 0 bridgehead atoms. The molecule has 1 aromatic heterocycles. The largest absolute Gasteiger partial charge is 0.481 e. The zero-order valence-corrected chi connectivity index (χ0v) is 22.1. The van der Waals surface area contributed by atoms with Gasteiger partial charge in [0.1, 0.15) is 11.5 Å². The van der Waals surface area contributed by atoms with Gasteiger partial charge in [0.25, 0.3) is 11.8 Å². The van der Waals surface area contributed by atoms with Crippen LogP contribution in [0.4, 0.5) is 0 Å². The molecule has 4 rings (SSSR count). The van der Waals surface area contributed by atoms with Crippen molar-refractivity contribution in [3.63, 3.8) is 0 Å². The number of aliphatic carboxylic acids is 1. The van der Waals surface area contributed by atoms with Gasteiger partial charge in [0.2, 0.25) is 0 Å². The molecular weight excluding hydrogens is 492 g/mol. The van der Waals surface area contributed by atoms with Crippen molar-refractivity contribution < 1.29 is 23.9 Å². The maximum absolute atomic E-state index is 13.8. The normalized spacial score (nSPS) is 10.7. The summed E-state index contributed by atoms with van der Waals surface area (Å²) in [7, 11) is 0. The summed E-state index contributed by atoms with van der Waals surface area (Å²) >= 11 is 0. The highest BCUT2D eigenvalue weighted by atomic mass is 16.4. The first kappa shape index (κ1) is 27.4. The number of nitrogens with one attached hydrogen (secondary N) is 1. The Morgan fingerprint density at radius 3 is 2.08 bits per heavy atom. The SMILES string of the molecule is Cc1ccc(CCN(CCC(=O)O)C(=O)c2ccccc2-c2ccccc2C(=O)NCc2ccc(C)o2)cc1. The molecule has 3 aromatic carbocycles. The quantitative estimate of drug-likeness (QED) is 0.264. The number of furan rings is 1. The average Bonchev–Trinajstić information content (AvgIpc) is 3.37. The second-order valence-corrected chi connectivity index (χ2v) is 9.46. The maximum atomic E-state index is 13.8. The first-order valence-electron chi connectivity index (χ1n) is 12.9. The molecule has 7 heteroatoms. The third-order valence-corrected chi connectivity index (χ3v) is 6.51. The fourth-order valence-electron chi connectivity index (χ4n) is 4.40. The van der Waals surface area contributed by atoms with Crippen molar-refractivity contribution in [2.45, 2.75) is 33.2 Å². The second kappa shape index (κ2) is 12.7. The predicted octanol–water partition coefficient (Wildman–Crippen LogP) is 5.65. The Morgan fingerprint density at radius 1 is 0.795 bits per heavy atom. The van der Waals surface area contributed by atoms with E-state index in [1.165, 1.54) is 0 Å². The van der Waals surface area contributed by atoms with E-state index < -0.39 is 5.97 Å². The minimum Gasteiger partial charge on any atom is -0.481 e. The number of hydrogen-bond acceptors (Lipinski definition) is 4. The van der Waals surface area contributed by atoms with Gasteiger partial charge in [-0.25, -0.2) is 0 Å². The van der Waals surface area contributed by atoms with Crippen molar-refractivity contribution in [3.05, 3.63) is 119 Å². The third-order valence-electron chi connectivity index (χ3n) is 6.51. The molecular formula is C32H32N2O5. The molecule has 0 atom stereocenters. The molecule has 0 fully saturated rings. The number of amides is 2. The summed E-state index contributed by atoms with van der Waals surface area (Å²) in [4.78, 5) is 40.0. The molecule has 4 aromatic rings. The maximum Gasteiger partial charge on any atom is 0.305 e. The van der Waals surface area contributed by atoms with Crippen LogP contribution in [0.25, 0.3) is 11.1 Å². The predicted molar refractivity (Wildman–Crippen MR) is 150 cm³/mol. The Bertz CT molecular complexity index is 1460. The minimum absolute atomic E-state index is 0.0824. The second-order valence-electron chi connectivity index (χ2n) is 9.46. The summed E-state index contributed by atoms with van der Waals surface area (Å²) in [6.07, 6.45) is 0.437. The highest BCUT2D eigenvalue weighted by Gasteiger charge is 2.22. The van der Waals surface area contributed by atoms with Crippen LogP contribution in [0, 0.1) is 13.8 Å². The number of rotatable bonds is 11. The Hall–Kier alpha value is -4.65. The monoisotopic (exact) mass is 524 g/mol. The smallest absolute Gasteiger partial charge is 0.305 e. The summed E-state index contributed by atoms with van der Waals surface area (Å²) in [6.45, 7) is 4.55. The van der Waals surface area contributed by atoms with Crippen LogP contribution in [0.5, 0.6) is 0 Å². The molecule has 39 heavy (non-hydrogen) atoms. The topological polar surface area (TPSA) is 99.9 Å². The van der Waals surface area contributed by atoms with Crippen LogP contribution in [0.1, 0.15) is 49.8 Å². The zero-order valence-electron chi connectivity index (χ0n) is 22.1. The summed E-state index contributed by atoms with van der Waals surface area (Å²) in [5.41, 5.74) is 4.28. The van der Waals surface area contributed by atoms with Gasteiger partial charge >= 0.3 is 5.97 Å². The highest BCUT2D eigenvalue weighted by Crippen LogP contribution is 2.28. The average molecular weight is 525 g/mol. The van der Waals surface area contributed by atoms with Gasteiger partial charge in [0.05, 0.1) is 13.0 Å². The molecule has 0 unspecified atom stereocenters. The van der Waals surface area contributed by atoms with Gasteiger partial charge in [-0.2, -0.15) is 0 Å². The fourth-order valence-corrected chi connectivity index (χ4v) is 4.40. The lowest BCUT2D eigenvalue weighted by molar-refractivity contribution is -0.137. The summed E-state index contributed by atoms with van der Waals surface area (Å²) in [5.74, 6) is -0.118. The van der Waals surface area contributed by atoms with Crippen molar-refractivity contribution in [1.29, 1.82) is 0 Å². The van der Waals surface area contributed by atoms with E-state index >= 15 is 0 Å². The molecule has 0 saturated heterocycles. The van der Waals surface area contributed by atoms with Gasteiger partial charge in [-0.05, 0) is 61.2 Å². The number of hydrogen-bond donors (Lipinski definition) is 2. The Balaban J connectivity index is 1.60. The van der Waals surface area contributed by atoms with Gasteiger partial charge in [-0.3, -0.25) is 14.4 Å². The number of aryl methyl sites for hydroxylation is 2. The fraction of sp³-hybridized carbons (Fsp3) is 0.219. The van der Waals surface area contributed by atoms with Crippen LogP contribution < -0.4 is 5.32 Å². The van der Waals surface area contributed by atoms with E-state index in [2.05, 4.69) is 5.32 Å². The van der Waals surface area contributed by atoms with Crippen molar-refractivity contribution in [1.82, 2.24) is 10.2 Å². The van der Waals surface area contributed by atoms with E-state index in [9.17, 15) is 19.5 Å². The summed E-state index contributed by atoms with van der Waals surface area (Å²) in [5, 5.41) is 12.2. The molecule has 0 radical (unpaired) electrons. The number of carbonyl (C=O) groups excluding carboxylic acids is 2. The van der Waals surface area contributed by atoms with Crippen LogP contribution in [0.3, 0.4) is 0 Å². The van der Waals surface area contributed by atoms with E-state index in [4.69, 9.17) is 4.42 Å². The van der Waals surface area contributed by atoms with Crippen LogP contribution in [0.15, 0.2) is 89.3 Å². The number of carboxylic acid groups (broad SMARTS) is 1. The minimum atomic E-state index is -0.967. The van der Waals surface area contributed by atoms with Crippen molar-refractivity contribution in [2.75, 3.05) is 13.1 Å². The van der Waals surface area contributed by atoms with Crippen molar-refractivity contribution in [2.24, 2.45) is 0 Å². The van der Waals surface area contributed by atoms with Crippen molar-refractivity contribution >= 4 is 17.8 Å². The Morgan fingerprint density at radius 2 is 1.44 bits per heavy atom. The molecule has 0 spiro atoms. The molecule has 2 N–H and O–H groups in total. The van der Waals surface area contributed by atoms with E-state index in [1.807, 2.05) is 74.5 Å². The van der Waals surface area contributed by atoms with E-state index in [-0.39, 0.29) is 31.3 Å². The van der Waals surface area contributed by atoms with Crippen molar-refractivity contribution in [3.8, 4) is 11.1 Å². The Labute approximate surface area is 228 Å². The van der Waals surface area contributed by atoms with Gasteiger partial charge in [0, 0.05) is 24.2 Å². The molecule has 0 aliphatic carbocycles. The lowest BCUT2D eigenvalue weighted by Crippen LogP contribution is -2.35. The third kappa shape index (κ3) is 7.23. The van der Waals surface area contributed by atoms with E-state index in [0.29, 0.717) is 41.0 Å². The lowest BCUT2D eigenvalue weighted by Gasteiger charge is -2.24.